The summed E-state index contributed by atoms with van der Waals surface area (Å²) in [5.74, 6) is -0.110. The second kappa shape index (κ2) is 4.23. The lowest BCUT2D eigenvalue weighted by Crippen LogP contribution is -2.08. The smallest absolute Gasteiger partial charge is 0.307 e. The van der Waals surface area contributed by atoms with Gasteiger partial charge in [0.1, 0.15) is 5.82 Å². The third kappa shape index (κ3) is 2.00. The van der Waals surface area contributed by atoms with E-state index in [0.29, 0.717) is 11.4 Å². The number of halogens is 1. The first kappa shape index (κ1) is 12.5. The zero-order valence-corrected chi connectivity index (χ0v) is 11.6. The molecule has 2 unspecified atom stereocenters. The molecule has 1 N–H and O–H groups in total. The Morgan fingerprint density at radius 1 is 1.53 bits per heavy atom. The number of benzene rings is 1. The van der Waals surface area contributed by atoms with E-state index in [0.717, 1.165) is 16.9 Å². The predicted molar refractivity (Wildman–Crippen MR) is 73.6 cm³/mol. The molecule has 4 nitrogen and oxygen atoms in total. The van der Waals surface area contributed by atoms with E-state index in [9.17, 15) is 4.79 Å². The standard InChI is InChI=1S/C14H15ClN2O2/c1-7(2)17-12-5-8(15)3-4-11(12)16-13(17)9-6-10(9)14(18)19/h3-5,7,9-10H,6H2,1-2H3,(H,18,19). The van der Waals surface area contributed by atoms with Gasteiger partial charge in [-0.25, -0.2) is 4.98 Å². The van der Waals surface area contributed by atoms with Crippen LogP contribution in [0.4, 0.5) is 0 Å². The van der Waals surface area contributed by atoms with E-state index in [1.165, 1.54) is 0 Å². The number of hydrogen-bond donors (Lipinski definition) is 1. The van der Waals surface area contributed by atoms with Crippen molar-refractivity contribution in [2.45, 2.75) is 32.2 Å². The Hall–Kier alpha value is -1.55. The summed E-state index contributed by atoms with van der Waals surface area (Å²) in [7, 11) is 0. The number of aromatic nitrogens is 2. The molecule has 100 valence electrons. The van der Waals surface area contributed by atoms with Crippen molar-refractivity contribution in [2.24, 2.45) is 5.92 Å². The molecule has 1 aliphatic carbocycles. The lowest BCUT2D eigenvalue weighted by molar-refractivity contribution is -0.138. The van der Waals surface area contributed by atoms with E-state index in [1.54, 1.807) is 0 Å². The number of carbonyl (C=O) groups is 1. The quantitative estimate of drug-likeness (QED) is 0.935. The number of aliphatic carboxylic acids is 1. The van der Waals surface area contributed by atoms with Crippen LogP contribution in [0, 0.1) is 5.92 Å². The molecule has 2 atom stereocenters. The van der Waals surface area contributed by atoms with Crippen molar-refractivity contribution < 1.29 is 9.90 Å². The molecule has 1 aromatic heterocycles. The molecular formula is C14H15ClN2O2. The van der Waals surface area contributed by atoms with Gasteiger partial charge in [0, 0.05) is 17.0 Å². The Bertz CT molecular complexity index is 663. The molecule has 3 rings (SSSR count). The van der Waals surface area contributed by atoms with Crippen LogP contribution in [0.25, 0.3) is 11.0 Å². The summed E-state index contributed by atoms with van der Waals surface area (Å²) in [5, 5.41) is 9.75. The van der Waals surface area contributed by atoms with E-state index in [-0.39, 0.29) is 17.9 Å². The Balaban J connectivity index is 2.14. The highest BCUT2D eigenvalue weighted by molar-refractivity contribution is 6.31. The Morgan fingerprint density at radius 2 is 2.26 bits per heavy atom. The highest BCUT2D eigenvalue weighted by atomic mass is 35.5. The molecule has 0 saturated heterocycles. The number of rotatable bonds is 3. The van der Waals surface area contributed by atoms with Crippen LogP contribution < -0.4 is 0 Å². The molecule has 1 aromatic carbocycles. The minimum atomic E-state index is -0.731. The molecule has 1 fully saturated rings. The van der Waals surface area contributed by atoms with Crippen LogP contribution in [-0.2, 0) is 4.79 Å². The van der Waals surface area contributed by atoms with Crippen LogP contribution in [0.15, 0.2) is 18.2 Å². The molecule has 1 saturated carbocycles. The van der Waals surface area contributed by atoms with Gasteiger partial charge in [-0.15, -0.1) is 0 Å². The fourth-order valence-electron chi connectivity index (χ4n) is 2.64. The van der Waals surface area contributed by atoms with Gasteiger partial charge in [-0.2, -0.15) is 0 Å². The molecule has 0 aliphatic heterocycles. The molecule has 2 aromatic rings. The van der Waals surface area contributed by atoms with Crippen molar-refractivity contribution in [1.82, 2.24) is 9.55 Å². The number of carboxylic acid groups (broad SMARTS) is 1. The largest absolute Gasteiger partial charge is 0.481 e. The Morgan fingerprint density at radius 3 is 2.84 bits per heavy atom. The molecule has 5 heteroatoms. The van der Waals surface area contributed by atoms with Crippen molar-refractivity contribution >= 4 is 28.6 Å². The van der Waals surface area contributed by atoms with Gasteiger partial charge in [0.25, 0.3) is 0 Å². The second-order valence-electron chi connectivity index (χ2n) is 5.35. The minimum Gasteiger partial charge on any atom is -0.481 e. The predicted octanol–water partition coefficient (Wildman–Crippen LogP) is 3.46. The highest BCUT2D eigenvalue weighted by Crippen LogP contribution is 2.48. The minimum absolute atomic E-state index is 0.0334. The first-order valence-corrected chi connectivity index (χ1v) is 6.77. The topological polar surface area (TPSA) is 55.1 Å². The van der Waals surface area contributed by atoms with Crippen LogP contribution in [0.1, 0.15) is 38.1 Å². The lowest BCUT2D eigenvalue weighted by Gasteiger charge is -2.12. The third-order valence-electron chi connectivity index (χ3n) is 3.63. The van der Waals surface area contributed by atoms with Crippen molar-refractivity contribution in [2.75, 3.05) is 0 Å². The van der Waals surface area contributed by atoms with Crippen molar-refractivity contribution in [3.63, 3.8) is 0 Å². The summed E-state index contributed by atoms with van der Waals surface area (Å²) in [6.07, 6.45) is 0.680. The molecular weight excluding hydrogens is 264 g/mol. The first-order valence-electron chi connectivity index (χ1n) is 6.39. The summed E-state index contributed by atoms with van der Waals surface area (Å²) < 4.78 is 2.11. The maximum atomic E-state index is 11.0. The maximum absolute atomic E-state index is 11.0. The van der Waals surface area contributed by atoms with Crippen molar-refractivity contribution in [3.8, 4) is 0 Å². The fraction of sp³-hybridized carbons (Fsp3) is 0.429. The zero-order chi connectivity index (χ0) is 13.7. The van der Waals surface area contributed by atoms with E-state index < -0.39 is 5.97 Å². The van der Waals surface area contributed by atoms with E-state index in [1.807, 2.05) is 18.2 Å². The fourth-order valence-corrected chi connectivity index (χ4v) is 2.81. The summed E-state index contributed by atoms with van der Waals surface area (Å²) in [6.45, 7) is 4.15. The summed E-state index contributed by atoms with van der Waals surface area (Å²) in [6, 6.07) is 5.82. The Kier molecular flexibility index (Phi) is 2.78. The zero-order valence-electron chi connectivity index (χ0n) is 10.8. The third-order valence-corrected chi connectivity index (χ3v) is 3.87. The average Bonchev–Trinajstić information content (AvgIpc) is 3.04. The molecule has 0 radical (unpaired) electrons. The second-order valence-corrected chi connectivity index (χ2v) is 5.79. The number of carboxylic acids is 1. The highest BCUT2D eigenvalue weighted by Gasteiger charge is 2.47. The summed E-state index contributed by atoms with van der Waals surface area (Å²) in [5.41, 5.74) is 1.86. The Labute approximate surface area is 116 Å². The van der Waals surface area contributed by atoms with Gasteiger partial charge in [-0.05, 0) is 38.5 Å². The first-order chi connectivity index (χ1) is 8.99. The van der Waals surface area contributed by atoms with E-state index >= 15 is 0 Å². The van der Waals surface area contributed by atoms with Crippen LogP contribution in [0.2, 0.25) is 5.02 Å². The molecule has 0 amide bonds. The van der Waals surface area contributed by atoms with E-state index in [2.05, 4.69) is 23.4 Å². The van der Waals surface area contributed by atoms with E-state index in [4.69, 9.17) is 16.7 Å². The molecule has 0 spiro atoms. The van der Waals surface area contributed by atoms with Crippen molar-refractivity contribution in [1.29, 1.82) is 0 Å². The van der Waals surface area contributed by atoms with Gasteiger partial charge in [-0.3, -0.25) is 4.79 Å². The maximum Gasteiger partial charge on any atom is 0.307 e. The number of fused-ring (bicyclic) bond motifs is 1. The van der Waals surface area contributed by atoms with Gasteiger partial charge >= 0.3 is 5.97 Å². The van der Waals surface area contributed by atoms with Crippen LogP contribution in [0.3, 0.4) is 0 Å². The van der Waals surface area contributed by atoms with Gasteiger partial charge in [0.15, 0.2) is 0 Å². The SMILES string of the molecule is CC(C)n1c(C2CC2C(=O)O)nc2ccc(Cl)cc21. The average molecular weight is 279 g/mol. The van der Waals surface area contributed by atoms with Crippen molar-refractivity contribution in [3.05, 3.63) is 29.0 Å². The monoisotopic (exact) mass is 278 g/mol. The van der Waals surface area contributed by atoms with Crippen LogP contribution >= 0.6 is 11.6 Å². The van der Waals surface area contributed by atoms with Gasteiger partial charge < -0.3 is 9.67 Å². The number of imidazole rings is 1. The molecule has 0 bridgehead atoms. The lowest BCUT2D eigenvalue weighted by atomic mass is 10.2. The molecule has 19 heavy (non-hydrogen) atoms. The summed E-state index contributed by atoms with van der Waals surface area (Å²) in [4.78, 5) is 15.6. The summed E-state index contributed by atoms with van der Waals surface area (Å²) >= 11 is 6.04. The molecule has 1 heterocycles. The number of nitrogens with zero attached hydrogens (tertiary/aromatic N) is 2. The van der Waals surface area contributed by atoms with Gasteiger partial charge in [-0.1, -0.05) is 11.6 Å². The normalized spacial score (nSPS) is 22.1. The number of hydrogen-bond acceptors (Lipinski definition) is 2. The van der Waals surface area contributed by atoms with Crippen LogP contribution in [0.5, 0.6) is 0 Å². The van der Waals surface area contributed by atoms with Gasteiger partial charge in [0.05, 0.1) is 17.0 Å². The van der Waals surface area contributed by atoms with Gasteiger partial charge in [0.2, 0.25) is 0 Å². The van der Waals surface area contributed by atoms with Crippen LogP contribution in [-0.4, -0.2) is 20.6 Å². The molecule has 1 aliphatic rings.